The lowest BCUT2D eigenvalue weighted by Gasteiger charge is -2.29. The maximum absolute atomic E-state index is 13.2. The summed E-state index contributed by atoms with van der Waals surface area (Å²) in [6.07, 6.45) is -4.70. The molecule has 0 bridgehead atoms. The van der Waals surface area contributed by atoms with E-state index in [1.807, 2.05) is 25.1 Å². The van der Waals surface area contributed by atoms with Gasteiger partial charge >= 0.3 is 6.18 Å². The van der Waals surface area contributed by atoms with Gasteiger partial charge in [-0.25, -0.2) is 4.68 Å². The van der Waals surface area contributed by atoms with Crippen molar-refractivity contribution < 1.29 is 18.0 Å². The average Bonchev–Trinajstić information content (AvgIpc) is 3.11. The fourth-order valence-electron chi connectivity index (χ4n) is 3.43. The van der Waals surface area contributed by atoms with E-state index in [0.717, 1.165) is 10.2 Å². The van der Waals surface area contributed by atoms with Crippen LogP contribution in [0.25, 0.3) is 0 Å². The van der Waals surface area contributed by atoms with Crippen molar-refractivity contribution in [2.24, 2.45) is 0 Å². The number of anilines is 2. The van der Waals surface area contributed by atoms with E-state index in [2.05, 4.69) is 20.7 Å². The molecule has 0 radical (unpaired) electrons. The number of aryl methyl sites for hydroxylation is 1. The third-order valence-electron chi connectivity index (χ3n) is 4.74. The average molecular weight is 413 g/mol. The molecule has 1 amide bonds. The van der Waals surface area contributed by atoms with Crippen molar-refractivity contribution in [2.75, 3.05) is 10.6 Å². The Hall–Kier alpha value is -3.62. The summed E-state index contributed by atoms with van der Waals surface area (Å²) in [4.78, 5) is 16.8. The largest absolute Gasteiger partial charge is 0.453 e. The highest BCUT2D eigenvalue weighted by Gasteiger charge is 2.41. The van der Waals surface area contributed by atoms with Gasteiger partial charge in [0.15, 0.2) is 0 Å². The summed E-state index contributed by atoms with van der Waals surface area (Å²) in [7, 11) is 0. The Bertz CT molecular complexity index is 1140. The standard InChI is InChI=1S/C21H18F3N5O/c1-12-7-6-8-14(11-12)17-16(18(30)26-15-9-4-3-5-10-15)13(2)25-20-27-19(21(22,23)24)28-29(17)20/h3-11,17H,1-2H3,(H,26,30)(H,25,27,28). The number of aromatic nitrogens is 3. The topological polar surface area (TPSA) is 71.8 Å². The number of halogens is 3. The molecule has 0 fully saturated rings. The maximum atomic E-state index is 13.2. The molecular weight excluding hydrogens is 395 g/mol. The molecule has 0 saturated heterocycles. The molecule has 30 heavy (non-hydrogen) atoms. The van der Waals surface area contributed by atoms with Crippen LogP contribution in [0.3, 0.4) is 0 Å². The molecule has 0 saturated carbocycles. The summed E-state index contributed by atoms with van der Waals surface area (Å²) < 4.78 is 40.9. The first-order valence-corrected chi connectivity index (χ1v) is 9.18. The Morgan fingerprint density at radius 1 is 1.10 bits per heavy atom. The van der Waals surface area contributed by atoms with Gasteiger partial charge in [-0.1, -0.05) is 48.0 Å². The first-order chi connectivity index (χ1) is 14.2. The smallest absolute Gasteiger partial charge is 0.328 e. The molecule has 2 aromatic carbocycles. The summed E-state index contributed by atoms with van der Waals surface area (Å²) in [6.45, 7) is 3.50. The van der Waals surface area contributed by atoms with Gasteiger partial charge in [0.05, 0.1) is 5.57 Å². The highest BCUT2D eigenvalue weighted by atomic mass is 19.4. The maximum Gasteiger partial charge on any atom is 0.453 e. The Morgan fingerprint density at radius 2 is 1.83 bits per heavy atom. The van der Waals surface area contributed by atoms with Crippen LogP contribution in [-0.4, -0.2) is 20.7 Å². The van der Waals surface area contributed by atoms with Crippen molar-refractivity contribution in [3.05, 3.63) is 82.8 Å². The Kier molecular flexibility index (Phi) is 4.81. The van der Waals surface area contributed by atoms with Gasteiger partial charge in [-0.2, -0.15) is 18.2 Å². The third-order valence-corrected chi connectivity index (χ3v) is 4.74. The zero-order valence-electron chi connectivity index (χ0n) is 16.2. The quantitative estimate of drug-likeness (QED) is 0.662. The lowest BCUT2D eigenvalue weighted by Crippen LogP contribution is -2.31. The molecule has 0 aliphatic carbocycles. The van der Waals surface area contributed by atoms with Crippen molar-refractivity contribution in [3.8, 4) is 0 Å². The number of para-hydroxylation sites is 1. The zero-order chi connectivity index (χ0) is 21.5. The number of hydrogen-bond donors (Lipinski definition) is 2. The predicted octanol–water partition coefficient (Wildman–Crippen LogP) is 4.53. The van der Waals surface area contributed by atoms with Gasteiger partial charge in [-0.15, -0.1) is 5.10 Å². The van der Waals surface area contributed by atoms with Gasteiger partial charge in [-0.05, 0) is 31.5 Å². The van der Waals surface area contributed by atoms with Gasteiger partial charge in [0.2, 0.25) is 5.95 Å². The first-order valence-electron chi connectivity index (χ1n) is 9.18. The van der Waals surface area contributed by atoms with Gasteiger partial charge in [0.25, 0.3) is 11.7 Å². The van der Waals surface area contributed by atoms with Crippen molar-refractivity contribution in [2.45, 2.75) is 26.1 Å². The van der Waals surface area contributed by atoms with E-state index in [4.69, 9.17) is 0 Å². The zero-order valence-corrected chi connectivity index (χ0v) is 16.2. The monoisotopic (exact) mass is 413 g/mol. The fraction of sp³-hybridized carbons (Fsp3) is 0.190. The van der Waals surface area contributed by atoms with Crippen molar-refractivity contribution in [1.82, 2.24) is 14.8 Å². The Labute approximate surface area is 170 Å². The van der Waals surface area contributed by atoms with Crippen LogP contribution in [0, 0.1) is 6.92 Å². The molecule has 3 aromatic rings. The highest BCUT2D eigenvalue weighted by molar-refractivity contribution is 6.06. The number of benzene rings is 2. The molecule has 6 nitrogen and oxygen atoms in total. The second-order valence-corrected chi connectivity index (χ2v) is 7.00. The second kappa shape index (κ2) is 7.33. The van der Waals surface area contributed by atoms with Crippen LogP contribution in [0.5, 0.6) is 0 Å². The molecule has 1 aromatic heterocycles. The molecule has 4 rings (SSSR count). The SMILES string of the molecule is CC1=C(C(=O)Nc2ccccc2)C(c2cccc(C)c2)n2nc(C(F)(F)F)nc2N1. The fourth-order valence-corrected chi connectivity index (χ4v) is 3.43. The van der Waals surface area contributed by atoms with Gasteiger partial charge in [0, 0.05) is 11.4 Å². The number of allylic oxidation sites excluding steroid dienone is 1. The molecule has 1 atom stereocenters. The molecule has 0 spiro atoms. The summed E-state index contributed by atoms with van der Waals surface area (Å²) in [5.41, 5.74) is 2.78. The van der Waals surface area contributed by atoms with Crippen LogP contribution in [-0.2, 0) is 11.0 Å². The number of carbonyl (C=O) groups is 1. The number of carbonyl (C=O) groups excluding carboxylic acids is 1. The van der Waals surface area contributed by atoms with E-state index in [9.17, 15) is 18.0 Å². The molecule has 1 unspecified atom stereocenters. The summed E-state index contributed by atoms with van der Waals surface area (Å²) in [6, 6.07) is 15.2. The van der Waals surface area contributed by atoms with Crippen molar-refractivity contribution in [3.63, 3.8) is 0 Å². The van der Waals surface area contributed by atoms with E-state index >= 15 is 0 Å². The van der Waals surface area contributed by atoms with Crippen LogP contribution < -0.4 is 10.6 Å². The highest BCUT2D eigenvalue weighted by Crippen LogP contribution is 2.38. The molecule has 1 aliphatic heterocycles. The molecule has 1 aliphatic rings. The minimum Gasteiger partial charge on any atom is -0.328 e. The summed E-state index contributed by atoms with van der Waals surface area (Å²) >= 11 is 0. The second-order valence-electron chi connectivity index (χ2n) is 7.00. The van der Waals surface area contributed by atoms with Crippen LogP contribution in [0.2, 0.25) is 0 Å². The lowest BCUT2D eigenvalue weighted by atomic mass is 9.94. The van der Waals surface area contributed by atoms with Crippen LogP contribution in [0.15, 0.2) is 65.9 Å². The van der Waals surface area contributed by atoms with E-state index < -0.39 is 23.9 Å². The molecule has 2 N–H and O–H groups in total. The summed E-state index contributed by atoms with van der Waals surface area (Å²) in [5, 5.41) is 9.28. The van der Waals surface area contributed by atoms with Crippen LogP contribution in [0.1, 0.15) is 29.9 Å². The lowest BCUT2D eigenvalue weighted by molar-refractivity contribution is -0.145. The number of amides is 1. The minimum absolute atomic E-state index is 0.0670. The Morgan fingerprint density at radius 3 is 2.50 bits per heavy atom. The van der Waals surface area contributed by atoms with Gasteiger partial charge < -0.3 is 10.6 Å². The van der Waals surface area contributed by atoms with Crippen LogP contribution >= 0.6 is 0 Å². The number of hydrogen-bond acceptors (Lipinski definition) is 4. The number of alkyl halides is 3. The molecular formula is C21H18F3N5O. The molecule has 154 valence electrons. The molecule has 9 heteroatoms. The number of fused-ring (bicyclic) bond motifs is 1. The van der Waals surface area contributed by atoms with Crippen molar-refractivity contribution in [1.29, 1.82) is 0 Å². The molecule has 2 heterocycles. The summed E-state index contributed by atoms with van der Waals surface area (Å²) in [5.74, 6) is -1.77. The first kappa shape index (κ1) is 19.7. The number of nitrogens with one attached hydrogen (secondary N) is 2. The van der Waals surface area contributed by atoms with E-state index in [1.165, 1.54) is 0 Å². The van der Waals surface area contributed by atoms with E-state index in [1.54, 1.807) is 43.3 Å². The third kappa shape index (κ3) is 3.66. The Balaban J connectivity index is 1.83. The van der Waals surface area contributed by atoms with Crippen molar-refractivity contribution >= 4 is 17.5 Å². The van der Waals surface area contributed by atoms with E-state index in [0.29, 0.717) is 16.9 Å². The van der Waals surface area contributed by atoms with Gasteiger partial charge in [-0.3, -0.25) is 4.79 Å². The minimum atomic E-state index is -4.70. The van der Waals surface area contributed by atoms with Crippen LogP contribution in [0.4, 0.5) is 24.8 Å². The van der Waals surface area contributed by atoms with E-state index in [-0.39, 0.29) is 11.5 Å². The number of rotatable bonds is 3. The number of nitrogens with zero attached hydrogens (tertiary/aromatic N) is 3. The normalized spacial score (nSPS) is 16.1. The predicted molar refractivity (Wildman–Crippen MR) is 106 cm³/mol. The van der Waals surface area contributed by atoms with Gasteiger partial charge in [0.1, 0.15) is 6.04 Å².